The number of hydrogen-bond acceptors (Lipinski definition) is 3. The first-order valence-electron chi connectivity index (χ1n) is 8.01. The Balaban J connectivity index is 2.26. The van der Waals surface area contributed by atoms with Crippen LogP contribution in [0.25, 0.3) is 22.4 Å². The van der Waals surface area contributed by atoms with Crippen molar-refractivity contribution >= 4 is 23.4 Å². The first-order valence-corrected chi connectivity index (χ1v) is 8.01. The Labute approximate surface area is 146 Å². The molecule has 5 nitrogen and oxygen atoms in total. The van der Waals surface area contributed by atoms with E-state index in [1.807, 2.05) is 54.8 Å². The van der Waals surface area contributed by atoms with Gasteiger partial charge in [0.25, 0.3) is 0 Å². The van der Waals surface area contributed by atoms with Crippen molar-refractivity contribution in [3.63, 3.8) is 0 Å². The summed E-state index contributed by atoms with van der Waals surface area (Å²) in [5.74, 6) is 0.885. The van der Waals surface area contributed by atoms with Crippen LogP contribution < -0.4 is 0 Å². The highest BCUT2D eigenvalue weighted by Crippen LogP contribution is 2.33. The summed E-state index contributed by atoms with van der Waals surface area (Å²) in [5.41, 5.74) is 2.47. The van der Waals surface area contributed by atoms with Crippen molar-refractivity contribution in [3.8, 4) is 11.4 Å². The molecule has 2 aromatic carbocycles. The van der Waals surface area contributed by atoms with E-state index in [2.05, 4.69) is 13.3 Å². The Hall–Kier alpha value is -3.08. The zero-order valence-corrected chi connectivity index (χ0v) is 14.4. The van der Waals surface area contributed by atoms with Crippen LogP contribution in [0.15, 0.2) is 60.9 Å². The summed E-state index contributed by atoms with van der Waals surface area (Å²) in [6.07, 6.45) is 0. The zero-order valence-electron chi connectivity index (χ0n) is 14.4. The molecule has 0 aliphatic carbocycles. The van der Waals surface area contributed by atoms with Crippen LogP contribution in [0.5, 0.6) is 0 Å². The summed E-state index contributed by atoms with van der Waals surface area (Å²) >= 11 is 0. The van der Waals surface area contributed by atoms with E-state index < -0.39 is 5.41 Å². The number of fused-ring (bicyclic) bond motifs is 1. The van der Waals surface area contributed by atoms with Gasteiger partial charge >= 0.3 is 0 Å². The molecule has 1 heterocycles. The lowest BCUT2D eigenvalue weighted by atomic mass is 9.91. The van der Waals surface area contributed by atoms with Gasteiger partial charge in [-0.2, -0.15) is 4.74 Å². The molecule has 0 fully saturated rings. The third-order valence-electron chi connectivity index (χ3n) is 4.39. The Morgan fingerprint density at radius 1 is 1.24 bits per heavy atom. The van der Waals surface area contributed by atoms with Crippen molar-refractivity contribution in [1.82, 2.24) is 9.55 Å². The van der Waals surface area contributed by atoms with Crippen molar-refractivity contribution in [1.29, 1.82) is 0 Å². The lowest BCUT2D eigenvalue weighted by molar-refractivity contribution is -0.349. The van der Waals surface area contributed by atoms with Crippen LogP contribution in [-0.2, 0) is 6.54 Å². The Morgan fingerprint density at radius 2 is 1.92 bits per heavy atom. The molecule has 0 spiro atoms. The summed E-state index contributed by atoms with van der Waals surface area (Å²) in [7, 11) is 0. The molecule has 0 unspecified atom stereocenters. The van der Waals surface area contributed by atoms with Gasteiger partial charge in [0.1, 0.15) is 12.5 Å². The fourth-order valence-electron chi connectivity index (χ4n) is 2.72. The van der Waals surface area contributed by atoms with E-state index in [-0.39, 0.29) is 5.76 Å². The standard InChI is InChI=1S/C20H21N3O2/c1-14(24)20(2,3)13-23-18-12-16(22(4)25)10-11-17(18)21-19(23)15-8-6-5-7-9-15/h5-12,24H,1,4,13H2,2-3H3. The van der Waals surface area contributed by atoms with Gasteiger partial charge in [0.05, 0.1) is 16.8 Å². The van der Waals surface area contributed by atoms with Gasteiger partial charge in [0.15, 0.2) is 0 Å². The molecular formula is C20H21N3O2. The van der Waals surface area contributed by atoms with E-state index in [9.17, 15) is 10.3 Å². The maximum absolute atomic E-state index is 11.6. The highest BCUT2D eigenvalue weighted by Gasteiger charge is 2.26. The number of aromatic nitrogens is 2. The zero-order chi connectivity index (χ0) is 18.2. The largest absolute Gasteiger partial charge is 0.619 e. The molecule has 25 heavy (non-hydrogen) atoms. The normalized spacial score (nSPS) is 11.6. The lowest BCUT2D eigenvalue weighted by Gasteiger charge is -2.25. The first kappa shape index (κ1) is 16.8. The van der Waals surface area contributed by atoms with Crippen LogP contribution in [-0.4, -0.2) is 26.1 Å². The van der Waals surface area contributed by atoms with Crippen molar-refractivity contribution in [2.45, 2.75) is 20.4 Å². The molecule has 0 aliphatic heterocycles. The van der Waals surface area contributed by atoms with E-state index >= 15 is 0 Å². The Bertz CT molecular complexity index is 956. The van der Waals surface area contributed by atoms with Gasteiger partial charge < -0.3 is 14.9 Å². The molecule has 0 amide bonds. The molecule has 3 rings (SSSR count). The maximum atomic E-state index is 11.6. The van der Waals surface area contributed by atoms with Crippen LogP contribution in [0.4, 0.5) is 5.69 Å². The predicted octanol–water partition coefficient (Wildman–Crippen LogP) is 4.64. The van der Waals surface area contributed by atoms with E-state index in [0.717, 1.165) is 22.4 Å². The van der Waals surface area contributed by atoms with Gasteiger partial charge in [-0.15, -0.1) is 0 Å². The smallest absolute Gasteiger partial charge is 0.218 e. The second-order valence-electron chi connectivity index (χ2n) is 6.77. The minimum Gasteiger partial charge on any atom is -0.619 e. The SMILES string of the molecule is C=C(O)C(C)(C)Cn1c(-c2ccccc2)nc2ccc([N+](=C)[O-])cc21. The Morgan fingerprint density at radius 3 is 2.52 bits per heavy atom. The molecule has 1 N–H and O–H groups in total. The van der Waals surface area contributed by atoms with E-state index in [1.54, 1.807) is 12.1 Å². The van der Waals surface area contributed by atoms with E-state index in [1.165, 1.54) is 0 Å². The van der Waals surface area contributed by atoms with Gasteiger partial charge in [-0.05, 0) is 6.07 Å². The number of imidazole rings is 1. The predicted molar refractivity (Wildman–Crippen MR) is 101 cm³/mol. The van der Waals surface area contributed by atoms with Crippen LogP contribution in [0.1, 0.15) is 13.8 Å². The lowest BCUT2D eigenvalue weighted by Crippen LogP contribution is -2.22. The summed E-state index contributed by atoms with van der Waals surface area (Å²) in [6, 6.07) is 15.1. The highest BCUT2D eigenvalue weighted by molar-refractivity contribution is 5.83. The summed E-state index contributed by atoms with van der Waals surface area (Å²) in [6.45, 7) is 11.4. The summed E-state index contributed by atoms with van der Waals surface area (Å²) in [4.78, 5) is 4.74. The molecule has 0 saturated heterocycles. The summed E-state index contributed by atoms with van der Waals surface area (Å²) < 4.78 is 2.59. The van der Waals surface area contributed by atoms with Gasteiger partial charge in [-0.3, -0.25) is 0 Å². The van der Waals surface area contributed by atoms with Gasteiger partial charge in [-0.25, -0.2) is 4.98 Å². The average Bonchev–Trinajstić information content (AvgIpc) is 2.93. The number of benzene rings is 2. The molecule has 1 aromatic heterocycles. The molecule has 3 aromatic rings. The van der Waals surface area contributed by atoms with Crippen LogP contribution >= 0.6 is 0 Å². The van der Waals surface area contributed by atoms with Crippen LogP contribution in [0.2, 0.25) is 0 Å². The molecule has 0 radical (unpaired) electrons. The van der Waals surface area contributed by atoms with Crippen molar-refractivity contribution in [2.24, 2.45) is 5.41 Å². The fraction of sp³-hybridized carbons (Fsp3) is 0.200. The third kappa shape index (κ3) is 3.13. The average molecular weight is 335 g/mol. The Kier molecular flexibility index (Phi) is 4.08. The first-order chi connectivity index (χ1) is 11.8. The molecule has 0 saturated carbocycles. The number of nitrogens with zero attached hydrogens (tertiary/aromatic N) is 3. The second kappa shape index (κ2) is 6.09. The van der Waals surface area contributed by atoms with Gasteiger partial charge in [0.2, 0.25) is 5.69 Å². The van der Waals surface area contributed by atoms with Crippen molar-refractivity contribution in [3.05, 3.63) is 66.1 Å². The third-order valence-corrected chi connectivity index (χ3v) is 4.39. The minimum absolute atomic E-state index is 0.104. The molecule has 128 valence electrons. The minimum atomic E-state index is -0.547. The monoisotopic (exact) mass is 335 g/mol. The maximum Gasteiger partial charge on any atom is 0.218 e. The van der Waals surface area contributed by atoms with E-state index in [0.29, 0.717) is 17.0 Å². The van der Waals surface area contributed by atoms with Gasteiger partial charge in [0, 0.05) is 29.7 Å². The molecule has 0 bridgehead atoms. The van der Waals surface area contributed by atoms with Crippen molar-refractivity contribution in [2.75, 3.05) is 0 Å². The number of aliphatic hydroxyl groups excluding tert-OH is 1. The van der Waals surface area contributed by atoms with Crippen molar-refractivity contribution < 1.29 is 9.85 Å². The second-order valence-corrected chi connectivity index (χ2v) is 6.77. The number of allylic oxidation sites excluding steroid dienone is 1. The van der Waals surface area contributed by atoms with E-state index in [4.69, 9.17) is 4.98 Å². The molecule has 0 atom stereocenters. The summed E-state index contributed by atoms with van der Waals surface area (Å²) in [5, 5.41) is 21.6. The number of aliphatic hydroxyl groups is 1. The number of rotatable bonds is 5. The van der Waals surface area contributed by atoms with Crippen LogP contribution in [0.3, 0.4) is 0 Å². The number of hydrogen-bond donors (Lipinski definition) is 1. The molecular weight excluding hydrogens is 314 g/mol. The fourth-order valence-corrected chi connectivity index (χ4v) is 2.72. The van der Waals surface area contributed by atoms with Crippen LogP contribution in [0, 0.1) is 10.6 Å². The highest BCUT2D eigenvalue weighted by atomic mass is 16.5. The quantitative estimate of drug-likeness (QED) is 0.243. The molecule has 0 aliphatic rings. The molecule has 5 heteroatoms. The van der Waals surface area contributed by atoms with Gasteiger partial charge in [-0.1, -0.05) is 50.8 Å². The topological polar surface area (TPSA) is 64.1 Å².